The lowest BCUT2D eigenvalue weighted by Crippen LogP contribution is -2.46. The number of piperidine rings is 1. The van der Waals surface area contributed by atoms with Crippen molar-refractivity contribution in [3.05, 3.63) is 0 Å². The van der Waals surface area contributed by atoms with Gasteiger partial charge in [0, 0.05) is 39.3 Å². The molecule has 0 radical (unpaired) electrons. The van der Waals surface area contributed by atoms with Gasteiger partial charge in [-0.2, -0.15) is 0 Å². The largest absolute Gasteiger partial charge is 0.330 e. The van der Waals surface area contributed by atoms with E-state index in [2.05, 4.69) is 16.7 Å². The van der Waals surface area contributed by atoms with E-state index < -0.39 is 0 Å². The normalized spacial score (nSPS) is 23.5. The standard InChI is InChI=1S/C15H30N4O/c1-14(12-16)13-17-6-5-9-19(11-10-17)15(20)18-7-3-2-4-8-18/h14H,2-13,16H2,1H3. The third-order valence-electron chi connectivity index (χ3n) is 4.46. The van der Waals surface area contributed by atoms with Crippen LogP contribution in [-0.2, 0) is 0 Å². The number of urea groups is 1. The first-order valence-corrected chi connectivity index (χ1v) is 8.17. The summed E-state index contributed by atoms with van der Waals surface area (Å²) in [6.07, 6.45) is 4.69. The Hall–Kier alpha value is -0.810. The molecule has 0 saturated carbocycles. The van der Waals surface area contributed by atoms with E-state index in [1.807, 2.05) is 4.90 Å². The van der Waals surface area contributed by atoms with Crippen LogP contribution >= 0.6 is 0 Å². The molecule has 0 bridgehead atoms. The average Bonchev–Trinajstić information content (AvgIpc) is 2.73. The molecule has 2 amide bonds. The first kappa shape index (κ1) is 15.6. The Bertz CT molecular complexity index is 304. The van der Waals surface area contributed by atoms with Crippen molar-refractivity contribution >= 4 is 6.03 Å². The van der Waals surface area contributed by atoms with Crippen molar-refractivity contribution in [1.29, 1.82) is 0 Å². The van der Waals surface area contributed by atoms with E-state index in [1.54, 1.807) is 0 Å². The number of hydrogen-bond acceptors (Lipinski definition) is 3. The number of hydrogen-bond donors (Lipinski definition) is 1. The topological polar surface area (TPSA) is 52.8 Å². The first-order valence-electron chi connectivity index (χ1n) is 8.17. The Morgan fingerprint density at radius 3 is 2.30 bits per heavy atom. The SMILES string of the molecule is CC(CN)CN1CCCN(C(=O)N2CCCCC2)CC1. The molecule has 2 fully saturated rings. The second-order valence-corrected chi connectivity index (χ2v) is 6.31. The second kappa shape index (κ2) is 7.84. The van der Waals surface area contributed by atoms with Gasteiger partial charge >= 0.3 is 6.03 Å². The maximum Gasteiger partial charge on any atom is 0.320 e. The third kappa shape index (κ3) is 4.35. The highest BCUT2D eigenvalue weighted by Gasteiger charge is 2.24. The smallest absolute Gasteiger partial charge is 0.320 e. The molecule has 2 rings (SSSR count). The predicted molar refractivity (Wildman–Crippen MR) is 81.7 cm³/mol. The molecule has 0 aromatic rings. The average molecular weight is 282 g/mol. The van der Waals surface area contributed by atoms with Crippen LogP contribution in [0.1, 0.15) is 32.6 Å². The van der Waals surface area contributed by atoms with Gasteiger partial charge in [0.1, 0.15) is 0 Å². The highest BCUT2D eigenvalue weighted by Crippen LogP contribution is 2.13. The molecule has 0 aromatic heterocycles. The van der Waals surface area contributed by atoms with E-state index in [0.717, 1.165) is 58.8 Å². The highest BCUT2D eigenvalue weighted by atomic mass is 16.2. The van der Waals surface area contributed by atoms with Crippen LogP contribution in [0.5, 0.6) is 0 Å². The summed E-state index contributed by atoms with van der Waals surface area (Å²) in [6.45, 7) is 9.75. The molecule has 0 aliphatic carbocycles. The van der Waals surface area contributed by atoms with Crippen LogP contribution in [-0.4, -0.2) is 73.1 Å². The first-order chi connectivity index (χ1) is 9.70. The summed E-state index contributed by atoms with van der Waals surface area (Å²) >= 11 is 0. The molecule has 2 aliphatic heterocycles. The Morgan fingerprint density at radius 2 is 1.60 bits per heavy atom. The Labute approximate surface area is 123 Å². The molecule has 2 saturated heterocycles. The summed E-state index contributed by atoms with van der Waals surface area (Å²) in [4.78, 5) is 19.1. The van der Waals surface area contributed by atoms with Crippen molar-refractivity contribution in [2.45, 2.75) is 32.6 Å². The summed E-state index contributed by atoms with van der Waals surface area (Å²) < 4.78 is 0. The molecular weight excluding hydrogens is 252 g/mol. The molecule has 0 spiro atoms. The molecule has 5 nitrogen and oxygen atoms in total. The fourth-order valence-corrected chi connectivity index (χ4v) is 3.15. The van der Waals surface area contributed by atoms with Crippen molar-refractivity contribution in [1.82, 2.24) is 14.7 Å². The Kier molecular flexibility index (Phi) is 6.10. The van der Waals surface area contributed by atoms with Crippen LogP contribution in [0, 0.1) is 5.92 Å². The summed E-state index contributed by atoms with van der Waals surface area (Å²) in [6, 6.07) is 0.262. The summed E-state index contributed by atoms with van der Waals surface area (Å²) in [5, 5.41) is 0. The maximum absolute atomic E-state index is 12.5. The molecule has 2 aliphatic rings. The van der Waals surface area contributed by atoms with E-state index in [1.165, 1.54) is 19.3 Å². The maximum atomic E-state index is 12.5. The van der Waals surface area contributed by atoms with Crippen LogP contribution in [0.15, 0.2) is 0 Å². The molecule has 0 aromatic carbocycles. The van der Waals surface area contributed by atoms with E-state index in [4.69, 9.17) is 5.73 Å². The number of carbonyl (C=O) groups is 1. The molecule has 20 heavy (non-hydrogen) atoms. The van der Waals surface area contributed by atoms with E-state index in [9.17, 15) is 4.79 Å². The predicted octanol–water partition coefficient (Wildman–Crippen LogP) is 1.19. The lowest BCUT2D eigenvalue weighted by molar-refractivity contribution is 0.144. The Morgan fingerprint density at radius 1 is 0.950 bits per heavy atom. The summed E-state index contributed by atoms with van der Waals surface area (Å²) in [5.74, 6) is 0.541. The lowest BCUT2D eigenvalue weighted by Gasteiger charge is -2.32. The van der Waals surface area contributed by atoms with Gasteiger partial charge in [0.05, 0.1) is 0 Å². The molecular formula is C15H30N4O. The minimum Gasteiger partial charge on any atom is -0.330 e. The molecule has 2 heterocycles. The molecule has 5 heteroatoms. The summed E-state index contributed by atoms with van der Waals surface area (Å²) in [7, 11) is 0. The van der Waals surface area contributed by atoms with Crippen molar-refractivity contribution in [2.24, 2.45) is 11.7 Å². The molecule has 1 atom stereocenters. The minimum atomic E-state index is 0.262. The lowest BCUT2D eigenvalue weighted by atomic mass is 10.1. The van der Waals surface area contributed by atoms with E-state index >= 15 is 0 Å². The van der Waals surface area contributed by atoms with Gasteiger partial charge < -0.3 is 20.4 Å². The zero-order valence-electron chi connectivity index (χ0n) is 12.9. The van der Waals surface area contributed by atoms with E-state index in [0.29, 0.717) is 5.92 Å². The van der Waals surface area contributed by atoms with Crippen molar-refractivity contribution in [2.75, 3.05) is 52.4 Å². The molecule has 2 N–H and O–H groups in total. The fourth-order valence-electron chi connectivity index (χ4n) is 3.15. The van der Waals surface area contributed by atoms with Crippen LogP contribution in [0.25, 0.3) is 0 Å². The third-order valence-corrected chi connectivity index (χ3v) is 4.46. The van der Waals surface area contributed by atoms with Gasteiger partial charge in [-0.15, -0.1) is 0 Å². The van der Waals surface area contributed by atoms with Gasteiger partial charge in [-0.25, -0.2) is 4.79 Å². The number of likely N-dealkylation sites (tertiary alicyclic amines) is 1. The zero-order valence-corrected chi connectivity index (χ0v) is 12.9. The quantitative estimate of drug-likeness (QED) is 0.846. The Balaban J connectivity index is 1.80. The number of amides is 2. The number of rotatable bonds is 3. The van der Waals surface area contributed by atoms with Gasteiger partial charge in [-0.3, -0.25) is 0 Å². The monoisotopic (exact) mass is 282 g/mol. The van der Waals surface area contributed by atoms with Gasteiger partial charge in [0.15, 0.2) is 0 Å². The van der Waals surface area contributed by atoms with Gasteiger partial charge in [-0.05, 0) is 44.7 Å². The number of nitrogens with zero attached hydrogens (tertiary/aromatic N) is 3. The van der Waals surface area contributed by atoms with Crippen molar-refractivity contribution in [3.8, 4) is 0 Å². The zero-order chi connectivity index (χ0) is 14.4. The molecule has 1 unspecified atom stereocenters. The van der Waals surface area contributed by atoms with E-state index in [-0.39, 0.29) is 6.03 Å². The van der Waals surface area contributed by atoms with Crippen molar-refractivity contribution < 1.29 is 4.79 Å². The number of nitrogens with two attached hydrogens (primary N) is 1. The van der Waals surface area contributed by atoms with Gasteiger partial charge in [0.2, 0.25) is 0 Å². The van der Waals surface area contributed by atoms with Crippen LogP contribution in [0.4, 0.5) is 4.79 Å². The second-order valence-electron chi connectivity index (χ2n) is 6.31. The fraction of sp³-hybridized carbons (Fsp3) is 0.933. The summed E-state index contributed by atoms with van der Waals surface area (Å²) in [5.41, 5.74) is 5.70. The van der Waals surface area contributed by atoms with Crippen LogP contribution in [0.3, 0.4) is 0 Å². The van der Waals surface area contributed by atoms with Crippen LogP contribution in [0.2, 0.25) is 0 Å². The minimum absolute atomic E-state index is 0.262. The highest BCUT2D eigenvalue weighted by molar-refractivity contribution is 5.74. The van der Waals surface area contributed by atoms with Crippen molar-refractivity contribution in [3.63, 3.8) is 0 Å². The van der Waals surface area contributed by atoms with Gasteiger partial charge in [-0.1, -0.05) is 6.92 Å². The van der Waals surface area contributed by atoms with Crippen LogP contribution < -0.4 is 5.73 Å². The molecule has 116 valence electrons. The number of carbonyl (C=O) groups excluding carboxylic acids is 1. The van der Waals surface area contributed by atoms with Gasteiger partial charge in [0.25, 0.3) is 0 Å².